The fourth-order valence-corrected chi connectivity index (χ4v) is 2.50. The maximum atomic E-state index is 5.54. The fraction of sp³-hybridized carbons (Fsp3) is 0.333. The van der Waals surface area contributed by atoms with Gasteiger partial charge in [0.25, 0.3) is 0 Å². The predicted molar refractivity (Wildman–Crippen MR) is 58.6 cm³/mol. The molecule has 0 nitrogen and oxygen atoms in total. The van der Waals surface area contributed by atoms with Crippen LogP contribution < -0.4 is 0 Å². The second-order valence-electron chi connectivity index (χ2n) is 3.71. The van der Waals surface area contributed by atoms with Gasteiger partial charge in [-0.25, -0.2) is 0 Å². The van der Waals surface area contributed by atoms with Crippen LogP contribution in [-0.2, 0) is 5.41 Å². The van der Waals surface area contributed by atoms with Crippen molar-refractivity contribution in [3.05, 3.63) is 33.8 Å². The van der Waals surface area contributed by atoms with Crippen molar-refractivity contribution >= 4 is 15.9 Å². The molecule has 0 spiro atoms. The minimum atomic E-state index is 0.0481. The molecule has 1 saturated carbocycles. The van der Waals surface area contributed by atoms with E-state index in [0.717, 1.165) is 17.3 Å². The third kappa shape index (κ3) is 1.40. The van der Waals surface area contributed by atoms with Gasteiger partial charge < -0.3 is 0 Å². The summed E-state index contributed by atoms with van der Waals surface area (Å²) in [4.78, 5) is 0. The Bertz CT molecular complexity index is 381. The number of halogens is 1. The van der Waals surface area contributed by atoms with Gasteiger partial charge in [-0.2, -0.15) is 0 Å². The largest absolute Gasteiger partial charge is 0.119 e. The molecule has 0 radical (unpaired) electrons. The van der Waals surface area contributed by atoms with Crippen molar-refractivity contribution in [1.29, 1.82) is 0 Å². The molecule has 0 unspecified atom stereocenters. The molecule has 0 heterocycles. The topological polar surface area (TPSA) is 0 Å². The zero-order valence-electron chi connectivity index (χ0n) is 7.60. The predicted octanol–water partition coefficient (Wildman–Crippen LogP) is 3.42. The summed E-state index contributed by atoms with van der Waals surface area (Å²) in [7, 11) is 0. The number of terminal acetylenes is 1. The molecule has 1 aromatic carbocycles. The molecule has 1 heteroatoms. The Morgan fingerprint density at radius 1 is 1.46 bits per heavy atom. The summed E-state index contributed by atoms with van der Waals surface area (Å²) in [5.41, 5.74) is 2.59. The van der Waals surface area contributed by atoms with E-state index in [1.165, 1.54) is 11.1 Å². The van der Waals surface area contributed by atoms with Crippen LogP contribution in [0.25, 0.3) is 0 Å². The Hall–Kier alpha value is -0.740. The molecule has 0 aromatic heterocycles. The van der Waals surface area contributed by atoms with Crippen molar-refractivity contribution in [1.82, 2.24) is 0 Å². The summed E-state index contributed by atoms with van der Waals surface area (Å²) in [6, 6.07) is 6.40. The number of benzene rings is 1. The van der Waals surface area contributed by atoms with Crippen molar-refractivity contribution in [2.24, 2.45) is 0 Å². The van der Waals surface area contributed by atoms with E-state index in [4.69, 9.17) is 6.42 Å². The highest BCUT2D eigenvalue weighted by atomic mass is 79.9. The Morgan fingerprint density at radius 3 is 2.62 bits per heavy atom. The third-order valence-corrected chi connectivity index (χ3v) is 3.32. The van der Waals surface area contributed by atoms with E-state index < -0.39 is 0 Å². The van der Waals surface area contributed by atoms with Gasteiger partial charge >= 0.3 is 0 Å². The lowest BCUT2D eigenvalue weighted by Crippen LogP contribution is -2.03. The molecule has 0 aliphatic heterocycles. The molecule has 1 aromatic rings. The van der Waals surface area contributed by atoms with Gasteiger partial charge in [-0.15, -0.1) is 6.42 Å². The summed E-state index contributed by atoms with van der Waals surface area (Å²) in [5.74, 6) is 2.90. The standard InChI is InChI=1S/C12H11Br/c1-3-12(6-7-12)10-5-4-9(2)8-11(10)13/h1,4-5,8H,6-7H2,2H3. The van der Waals surface area contributed by atoms with Crippen LogP contribution in [0.4, 0.5) is 0 Å². The molecule has 1 aliphatic carbocycles. The fourth-order valence-electron chi connectivity index (χ4n) is 1.62. The van der Waals surface area contributed by atoms with Gasteiger partial charge in [-0.3, -0.25) is 0 Å². The highest BCUT2D eigenvalue weighted by Gasteiger charge is 2.43. The lowest BCUT2D eigenvalue weighted by molar-refractivity contribution is 0.921. The van der Waals surface area contributed by atoms with E-state index in [2.05, 4.69) is 47.0 Å². The quantitative estimate of drug-likeness (QED) is 0.654. The SMILES string of the molecule is C#CC1(c2ccc(C)cc2Br)CC1. The van der Waals surface area contributed by atoms with Crippen LogP contribution in [0.3, 0.4) is 0 Å². The van der Waals surface area contributed by atoms with E-state index in [1.54, 1.807) is 0 Å². The summed E-state index contributed by atoms with van der Waals surface area (Å²) < 4.78 is 1.16. The molecule has 0 amide bonds. The molecule has 2 rings (SSSR count). The average Bonchev–Trinajstić information content (AvgIpc) is 2.85. The summed E-state index contributed by atoms with van der Waals surface area (Å²) in [5, 5.41) is 0. The zero-order valence-corrected chi connectivity index (χ0v) is 9.19. The molecular weight excluding hydrogens is 224 g/mol. The van der Waals surface area contributed by atoms with Gasteiger partial charge in [0.15, 0.2) is 0 Å². The van der Waals surface area contributed by atoms with Crippen LogP contribution in [0.5, 0.6) is 0 Å². The lowest BCUT2D eigenvalue weighted by atomic mass is 9.96. The Kier molecular flexibility index (Phi) is 1.96. The van der Waals surface area contributed by atoms with Gasteiger partial charge in [0, 0.05) is 4.47 Å². The first-order valence-electron chi connectivity index (χ1n) is 4.42. The molecule has 0 N–H and O–H groups in total. The van der Waals surface area contributed by atoms with Gasteiger partial charge in [-0.05, 0) is 37.0 Å². The van der Waals surface area contributed by atoms with E-state index in [9.17, 15) is 0 Å². The zero-order chi connectivity index (χ0) is 9.47. The Labute approximate surface area is 87.5 Å². The molecular formula is C12H11Br. The van der Waals surface area contributed by atoms with Crippen LogP contribution in [0.15, 0.2) is 22.7 Å². The van der Waals surface area contributed by atoms with Gasteiger partial charge in [0.1, 0.15) is 0 Å². The number of hydrogen-bond donors (Lipinski definition) is 0. The smallest absolute Gasteiger partial charge is 0.0572 e. The first-order chi connectivity index (χ1) is 6.18. The van der Waals surface area contributed by atoms with Crippen LogP contribution in [0, 0.1) is 19.3 Å². The average molecular weight is 235 g/mol. The van der Waals surface area contributed by atoms with Crippen LogP contribution >= 0.6 is 15.9 Å². The van der Waals surface area contributed by atoms with Crippen LogP contribution in [-0.4, -0.2) is 0 Å². The highest BCUT2D eigenvalue weighted by molar-refractivity contribution is 9.10. The monoisotopic (exact) mass is 234 g/mol. The number of aryl methyl sites for hydroxylation is 1. The molecule has 0 atom stereocenters. The minimum Gasteiger partial charge on any atom is -0.119 e. The summed E-state index contributed by atoms with van der Waals surface area (Å²) in [6.07, 6.45) is 7.80. The molecule has 13 heavy (non-hydrogen) atoms. The summed E-state index contributed by atoms with van der Waals surface area (Å²) >= 11 is 3.57. The van der Waals surface area contributed by atoms with Crippen LogP contribution in [0.1, 0.15) is 24.0 Å². The summed E-state index contributed by atoms with van der Waals surface area (Å²) in [6.45, 7) is 2.09. The third-order valence-electron chi connectivity index (χ3n) is 2.67. The maximum absolute atomic E-state index is 5.54. The molecule has 1 fully saturated rings. The van der Waals surface area contributed by atoms with Gasteiger partial charge in [0.05, 0.1) is 5.41 Å². The van der Waals surface area contributed by atoms with E-state index in [-0.39, 0.29) is 5.41 Å². The molecule has 0 bridgehead atoms. The Balaban J connectivity index is 2.48. The Morgan fingerprint density at radius 2 is 2.15 bits per heavy atom. The van der Waals surface area contributed by atoms with Gasteiger partial charge in [0.2, 0.25) is 0 Å². The number of hydrogen-bond acceptors (Lipinski definition) is 0. The minimum absolute atomic E-state index is 0.0481. The van der Waals surface area contributed by atoms with E-state index in [1.807, 2.05) is 0 Å². The molecule has 66 valence electrons. The normalized spacial score (nSPS) is 17.9. The maximum Gasteiger partial charge on any atom is 0.0572 e. The second kappa shape index (κ2) is 2.89. The van der Waals surface area contributed by atoms with Crippen molar-refractivity contribution in [3.8, 4) is 12.3 Å². The lowest BCUT2D eigenvalue weighted by Gasteiger charge is -2.10. The molecule has 1 aliphatic rings. The van der Waals surface area contributed by atoms with Crippen molar-refractivity contribution < 1.29 is 0 Å². The van der Waals surface area contributed by atoms with Gasteiger partial charge in [-0.1, -0.05) is 34.0 Å². The molecule has 0 saturated heterocycles. The van der Waals surface area contributed by atoms with Crippen molar-refractivity contribution in [3.63, 3.8) is 0 Å². The van der Waals surface area contributed by atoms with E-state index >= 15 is 0 Å². The first kappa shape index (κ1) is 8.84. The second-order valence-corrected chi connectivity index (χ2v) is 4.56. The van der Waals surface area contributed by atoms with Crippen molar-refractivity contribution in [2.45, 2.75) is 25.2 Å². The van der Waals surface area contributed by atoms with Crippen LogP contribution in [0.2, 0.25) is 0 Å². The highest BCUT2D eigenvalue weighted by Crippen LogP contribution is 2.49. The van der Waals surface area contributed by atoms with Crippen molar-refractivity contribution in [2.75, 3.05) is 0 Å². The van der Waals surface area contributed by atoms with E-state index in [0.29, 0.717) is 0 Å². The first-order valence-corrected chi connectivity index (χ1v) is 5.22. The number of rotatable bonds is 1.